The summed E-state index contributed by atoms with van der Waals surface area (Å²) in [5, 5.41) is 0. The van der Waals surface area contributed by atoms with Crippen LogP contribution >= 0.6 is 0 Å². The van der Waals surface area contributed by atoms with Crippen molar-refractivity contribution < 1.29 is 22.1 Å². The summed E-state index contributed by atoms with van der Waals surface area (Å²) in [6.07, 6.45) is 0. The highest BCUT2D eigenvalue weighted by atomic mass is 32.2. The number of hydrogen-bond acceptors (Lipinski definition) is 5. The molecule has 5 nitrogen and oxygen atoms in total. The summed E-state index contributed by atoms with van der Waals surface area (Å²) < 4.78 is 33.5. The number of carbonyl (C=O) groups excluding carboxylic acids is 1. The molecule has 22 heavy (non-hydrogen) atoms. The van der Waals surface area contributed by atoms with E-state index in [9.17, 15) is 13.2 Å². The molecule has 0 amide bonds. The molecule has 0 fully saturated rings. The first-order valence-electron chi connectivity index (χ1n) is 7.24. The van der Waals surface area contributed by atoms with Crippen LogP contribution in [0.25, 0.3) is 0 Å². The summed E-state index contributed by atoms with van der Waals surface area (Å²) in [5.74, 6) is -0.827. The average molecular weight is 328 g/mol. The molecular weight excluding hydrogens is 304 g/mol. The van der Waals surface area contributed by atoms with Crippen molar-refractivity contribution in [3.8, 4) is 0 Å². The molecule has 1 rings (SSSR count). The van der Waals surface area contributed by atoms with Crippen molar-refractivity contribution in [1.29, 1.82) is 0 Å². The maximum atomic E-state index is 12.1. The topological polar surface area (TPSA) is 69.7 Å². The molecular formula is C16H24O5S. The molecule has 124 valence electrons. The minimum absolute atomic E-state index is 0.118. The Morgan fingerprint density at radius 1 is 1.27 bits per heavy atom. The second-order valence-corrected chi connectivity index (χ2v) is 7.84. The van der Waals surface area contributed by atoms with Crippen LogP contribution in [0, 0.1) is 0 Å². The average Bonchev–Trinajstić information content (AvgIpc) is 2.36. The molecule has 0 aromatic heterocycles. The largest absolute Gasteiger partial charge is 0.456 e. The van der Waals surface area contributed by atoms with Crippen LogP contribution in [0.5, 0.6) is 0 Å². The lowest BCUT2D eigenvalue weighted by molar-refractivity contribution is 0.00694. The van der Waals surface area contributed by atoms with Gasteiger partial charge in [-0.15, -0.1) is 0 Å². The van der Waals surface area contributed by atoms with Crippen LogP contribution in [0.15, 0.2) is 24.3 Å². The van der Waals surface area contributed by atoms with Gasteiger partial charge in [0.15, 0.2) is 0 Å². The molecule has 1 aromatic rings. The van der Waals surface area contributed by atoms with Gasteiger partial charge in [0.05, 0.1) is 17.9 Å². The van der Waals surface area contributed by atoms with Gasteiger partial charge < -0.3 is 4.74 Å². The predicted octanol–water partition coefficient (Wildman–Crippen LogP) is 3.11. The maximum Gasteiger partial charge on any atom is 0.338 e. The third kappa shape index (κ3) is 6.15. The van der Waals surface area contributed by atoms with E-state index in [4.69, 9.17) is 8.92 Å². The Kier molecular flexibility index (Phi) is 6.14. The van der Waals surface area contributed by atoms with Gasteiger partial charge in [0.2, 0.25) is 0 Å². The first-order chi connectivity index (χ1) is 10.0. The molecule has 0 heterocycles. The fourth-order valence-corrected chi connectivity index (χ4v) is 3.20. The van der Waals surface area contributed by atoms with Crippen molar-refractivity contribution >= 4 is 16.1 Å². The molecule has 1 atom stereocenters. The van der Waals surface area contributed by atoms with Crippen molar-refractivity contribution in [3.05, 3.63) is 35.4 Å². The number of hydrogen-bond donors (Lipinski definition) is 0. The Hall–Kier alpha value is -1.40. The van der Waals surface area contributed by atoms with E-state index in [1.165, 1.54) is 0 Å². The molecule has 0 spiro atoms. The number of ether oxygens (including phenoxy) is 1. The van der Waals surface area contributed by atoms with Crippen LogP contribution in [-0.2, 0) is 19.0 Å². The van der Waals surface area contributed by atoms with Gasteiger partial charge >= 0.3 is 5.97 Å². The zero-order valence-corrected chi connectivity index (χ0v) is 14.6. The Balaban J connectivity index is 2.90. The summed E-state index contributed by atoms with van der Waals surface area (Å²) in [4.78, 5) is 12.1. The van der Waals surface area contributed by atoms with Crippen molar-refractivity contribution in [3.63, 3.8) is 0 Å². The molecule has 0 radical (unpaired) electrons. The molecule has 6 heteroatoms. The lowest BCUT2D eigenvalue weighted by Crippen LogP contribution is -2.24. The molecule has 0 saturated carbocycles. The highest BCUT2D eigenvalue weighted by molar-refractivity contribution is 7.86. The molecule has 0 aliphatic rings. The summed E-state index contributed by atoms with van der Waals surface area (Å²) in [7, 11) is -3.56. The summed E-state index contributed by atoms with van der Waals surface area (Å²) >= 11 is 0. The third-order valence-corrected chi connectivity index (χ3v) is 4.34. The fourth-order valence-electron chi connectivity index (χ4n) is 1.94. The summed E-state index contributed by atoms with van der Waals surface area (Å²) in [6, 6.07) is 6.83. The van der Waals surface area contributed by atoms with E-state index >= 15 is 0 Å². The molecule has 0 saturated heterocycles. The van der Waals surface area contributed by atoms with Crippen LogP contribution in [0.4, 0.5) is 0 Å². The van der Waals surface area contributed by atoms with Crippen molar-refractivity contribution in [2.24, 2.45) is 0 Å². The van der Waals surface area contributed by atoms with Crippen LogP contribution < -0.4 is 0 Å². The molecule has 0 bridgehead atoms. The van der Waals surface area contributed by atoms with Gasteiger partial charge in [-0.1, -0.05) is 19.1 Å². The smallest absolute Gasteiger partial charge is 0.338 e. The van der Waals surface area contributed by atoms with Gasteiger partial charge in [-0.05, 0) is 51.3 Å². The van der Waals surface area contributed by atoms with Crippen molar-refractivity contribution in [2.45, 2.75) is 46.1 Å². The minimum Gasteiger partial charge on any atom is -0.456 e. The second kappa shape index (κ2) is 7.24. The third-order valence-electron chi connectivity index (χ3n) is 2.84. The van der Waals surface area contributed by atoms with Crippen LogP contribution in [0.1, 0.15) is 56.5 Å². The molecule has 0 aliphatic carbocycles. The van der Waals surface area contributed by atoms with Gasteiger partial charge in [-0.25, -0.2) is 4.79 Å². The van der Waals surface area contributed by atoms with Gasteiger partial charge in [0, 0.05) is 0 Å². The molecule has 1 aromatic carbocycles. The van der Waals surface area contributed by atoms with E-state index in [0.717, 1.165) is 5.56 Å². The van der Waals surface area contributed by atoms with Gasteiger partial charge in [-0.2, -0.15) is 8.42 Å². The van der Waals surface area contributed by atoms with Crippen LogP contribution in [0.3, 0.4) is 0 Å². The Morgan fingerprint density at radius 3 is 2.45 bits per heavy atom. The minimum atomic E-state index is -3.56. The monoisotopic (exact) mass is 328 g/mol. The quantitative estimate of drug-likeness (QED) is 0.593. The van der Waals surface area contributed by atoms with Gasteiger partial charge in [0.1, 0.15) is 5.60 Å². The standard InChI is InChI=1S/C16H24O5S/c1-6-20-22(18,19)11-12(2)13-8-7-9-14(10-13)15(17)21-16(3,4)5/h7-10,12H,6,11H2,1-5H3/t12-/m0/s1. The number of esters is 1. The van der Waals surface area contributed by atoms with Gasteiger partial charge in [-0.3, -0.25) is 4.18 Å². The molecule has 0 N–H and O–H groups in total. The Bertz CT molecular complexity index is 614. The zero-order valence-electron chi connectivity index (χ0n) is 13.8. The van der Waals surface area contributed by atoms with Crippen molar-refractivity contribution in [1.82, 2.24) is 0 Å². The SMILES string of the molecule is CCOS(=O)(=O)C[C@H](C)c1cccc(C(=O)OC(C)(C)C)c1. The first kappa shape index (κ1) is 18.6. The lowest BCUT2D eigenvalue weighted by Gasteiger charge is -2.20. The lowest BCUT2D eigenvalue weighted by atomic mass is 10.0. The fraction of sp³-hybridized carbons (Fsp3) is 0.562. The van der Waals surface area contributed by atoms with Crippen LogP contribution in [0.2, 0.25) is 0 Å². The predicted molar refractivity (Wildman–Crippen MR) is 85.4 cm³/mol. The van der Waals surface area contributed by atoms with E-state index < -0.39 is 21.7 Å². The van der Waals surface area contributed by atoms with E-state index in [-0.39, 0.29) is 18.3 Å². The van der Waals surface area contributed by atoms with E-state index in [1.807, 2.05) is 0 Å². The van der Waals surface area contributed by atoms with E-state index in [0.29, 0.717) is 5.56 Å². The molecule has 0 aliphatic heterocycles. The van der Waals surface area contributed by atoms with E-state index in [2.05, 4.69) is 0 Å². The van der Waals surface area contributed by atoms with E-state index in [1.54, 1.807) is 58.9 Å². The Labute approximate surface area is 132 Å². The number of benzene rings is 1. The summed E-state index contributed by atoms with van der Waals surface area (Å²) in [5.41, 5.74) is 0.594. The highest BCUT2D eigenvalue weighted by Gasteiger charge is 2.21. The van der Waals surface area contributed by atoms with Gasteiger partial charge in [0.25, 0.3) is 10.1 Å². The first-order valence-corrected chi connectivity index (χ1v) is 8.82. The second-order valence-electron chi connectivity index (χ2n) is 6.16. The molecule has 0 unspecified atom stereocenters. The summed E-state index contributed by atoms with van der Waals surface area (Å²) in [6.45, 7) is 8.92. The zero-order chi connectivity index (χ0) is 17.0. The maximum absolute atomic E-state index is 12.1. The van der Waals surface area contributed by atoms with Crippen molar-refractivity contribution in [2.75, 3.05) is 12.4 Å². The Morgan fingerprint density at radius 2 is 1.91 bits per heavy atom. The highest BCUT2D eigenvalue weighted by Crippen LogP contribution is 2.21. The number of rotatable bonds is 6. The number of carbonyl (C=O) groups is 1. The normalized spacial score (nSPS) is 13.7. The van der Waals surface area contributed by atoms with Crippen LogP contribution in [-0.4, -0.2) is 32.3 Å².